The van der Waals surface area contributed by atoms with Crippen LogP contribution in [-0.2, 0) is 0 Å². The molecular formula is C18H29BrN2. The molecule has 1 aliphatic heterocycles. The molecule has 1 aromatic rings. The zero-order valence-electron chi connectivity index (χ0n) is 13.3. The van der Waals surface area contributed by atoms with Crippen molar-refractivity contribution in [2.45, 2.75) is 51.5 Å². The molecule has 2 nitrogen and oxygen atoms in total. The van der Waals surface area contributed by atoms with Crippen molar-refractivity contribution in [3.63, 3.8) is 0 Å². The maximum atomic E-state index is 3.72. The third-order valence-corrected chi connectivity index (χ3v) is 4.87. The lowest BCUT2D eigenvalue weighted by molar-refractivity contribution is 0.266. The molecule has 1 N–H and O–H groups in total. The van der Waals surface area contributed by atoms with Crippen LogP contribution in [0, 0.1) is 0 Å². The van der Waals surface area contributed by atoms with E-state index in [1.165, 1.54) is 63.7 Å². The maximum absolute atomic E-state index is 3.72. The van der Waals surface area contributed by atoms with Crippen molar-refractivity contribution >= 4 is 15.9 Å². The van der Waals surface area contributed by atoms with Gasteiger partial charge in [-0.05, 0) is 69.6 Å². The second-order valence-electron chi connectivity index (χ2n) is 6.10. The summed E-state index contributed by atoms with van der Waals surface area (Å²) >= 11 is 3.53. The Bertz CT molecular complexity index is 383. The average Bonchev–Trinajstić information content (AvgIpc) is 2.77. The minimum Gasteiger partial charge on any atom is -0.310 e. The highest BCUT2D eigenvalue weighted by Crippen LogP contribution is 2.21. The lowest BCUT2D eigenvalue weighted by Crippen LogP contribution is -2.30. The molecular weight excluding hydrogens is 324 g/mol. The smallest absolute Gasteiger partial charge is 0.0332 e. The number of hydrogen-bond donors (Lipinski definition) is 1. The van der Waals surface area contributed by atoms with Gasteiger partial charge in [-0.1, -0.05) is 47.8 Å². The van der Waals surface area contributed by atoms with E-state index in [9.17, 15) is 0 Å². The largest absolute Gasteiger partial charge is 0.310 e. The van der Waals surface area contributed by atoms with Gasteiger partial charge in [-0.3, -0.25) is 0 Å². The molecule has 1 atom stereocenters. The van der Waals surface area contributed by atoms with Crippen LogP contribution >= 0.6 is 15.9 Å². The molecule has 0 amide bonds. The van der Waals surface area contributed by atoms with E-state index in [2.05, 4.69) is 57.3 Å². The first-order chi connectivity index (χ1) is 10.3. The Labute approximate surface area is 138 Å². The third kappa shape index (κ3) is 6.09. The van der Waals surface area contributed by atoms with Gasteiger partial charge < -0.3 is 10.2 Å². The number of hydrogen-bond acceptors (Lipinski definition) is 2. The number of nitrogens with one attached hydrogen (secondary N) is 1. The highest BCUT2D eigenvalue weighted by atomic mass is 79.9. The molecule has 1 saturated heterocycles. The summed E-state index contributed by atoms with van der Waals surface area (Å²) in [5.41, 5.74) is 1.42. The van der Waals surface area contributed by atoms with Crippen molar-refractivity contribution in [1.29, 1.82) is 0 Å². The van der Waals surface area contributed by atoms with Crippen LogP contribution in [0.3, 0.4) is 0 Å². The van der Waals surface area contributed by atoms with Gasteiger partial charge in [-0.15, -0.1) is 0 Å². The summed E-state index contributed by atoms with van der Waals surface area (Å²) in [5, 5.41) is 3.72. The third-order valence-electron chi connectivity index (χ3n) is 4.35. The van der Waals surface area contributed by atoms with Gasteiger partial charge in [-0.2, -0.15) is 0 Å². The summed E-state index contributed by atoms with van der Waals surface area (Å²) in [6, 6.07) is 9.30. The number of halogens is 1. The van der Waals surface area contributed by atoms with Crippen molar-refractivity contribution in [1.82, 2.24) is 10.2 Å². The number of nitrogens with zero attached hydrogens (tertiary/aromatic N) is 1. The summed E-state index contributed by atoms with van der Waals surface area (Å²) in [4.78, 5) is 2.66. The Hall–Kier alpha value is -0.380. The van der Waals surface area contributed by atoms with Crippen LogP contribution in [0.25, 0.3) is 0 Å². The first kappa shape index (κ1) is 17.0. The Kier molecular flexibility index (Phi) is 7.76. The molecule has 1 aromatic carbocycles. The van der Waals surface area contributed by atoms with Gasteiger partial charge in [0.25, 0.3) is 0 Å². The molecule has 0 bridgehead atoms. The van der Waals surface area contributed by atoms with Gasteiger partial charge >= 0.3 is 0 Å². The molecule has 0 aliphatic carbocycles. The van der Waals surface area contributed by atoms with Crippen LogP contribution in [0.2, 0.25) is 0 Å². The van der Waals surface area contributed by atoms with Crippen LogP contribution in [0.1, 0.15) is 57.1 Å². The maximum Gasteiger partial charge on any atom is 0.0332 e. The van der Waals surface area contributed by atoms with Gasteiger partial charge in [0, 0.05) is 10.5 Å². The van der Waals surface area contributed by atoms with E-state index in [0.29, 0.717) is 6.04 Å². The molecule has 0 radical (unpaired) electrons. The van der Waals surface area contributed by atoms with Crippen LogP contribution in [0.4, 0.5) is 0 Å². The van der Waals surface area contributed by atoms with Crippen LogP contribution in [0.15, 0.2) is 28.7 Å². The highest BCUT2D eigenvalue weighted by molar-refractivity contribution is 9.10. The first-order valence-electron chi connectivity index (χ1n) is 8.51. The van der Waals surface area contributed by atoms with E-state index in [1.807, 2.05) is 0 Å². The van der Waals surface area contributed by atoms with E-state index in [-0.39, 0.29) is 0 Å². The summed E-state index contributed by atoms with van der Waals surface area (Å²) < 4.78 is 1.16. The number of benzene rings is 1. The van der Waals surface area contributed by atoms with Crippen molar-refractivity contribution < 1.29 is 0 Å². The highest BCUT2D eigenvalue weighted by Gasteiger charge is 2.14. The average molecular weight is 353 g/mol. The monoisotopic (exact) mass is 352 g/mol. The lowest BCUT2D eigenvalue weighted by atomic mass is 10.0. The minimum atomic E-state index is 0.487. The quantitative estimate of drug-likeness (QED) is 0.761. The van der Waals surface area contributed by atoms with E-state index in [1.54, 1.807) is 0 Å². The summed E-state index contributed by atoms with van der Waals surface area (Å²) in [5.74, 6) is 0. The van der Waals surface area contributed by atoms with E-state index < -0.39 is 0 Å². The van der Waals surface area contributed by atoms with E-state index in [4.69, 9.17) is 0 Å². The zero-order valence-corrected chi connectivity index (χ0v) is 14.9. The second kappa shape index (κ2) is 9.60. The summed E-state index contributed by atoms with van der Waals surface area (Å²) in [7, 11) is 0. The SMILES string of the molecule is CCCNC(CCN1CCCCCC1)c1ccc(Br)cc1. The topological polar surface area (TPSA) is 15.3 Å². The Morgan fingerprint density at radius 3 is 2.38 bits per heavy atom. The molecule has 0 aromatic heterocycles. The fraction of sp³-hybridized carbons (Fsp3) is 0.667. The minimum absolute atomic E-state index is 0.487. The molecule has 1 aliphatic rings. The molecule has 21 heavy (non-hydrogen) atoms. The first-order valence-corrected chi connectivity index (χ1v) is 9.30. The summed E-state index contributed by atoms with van der Waals surface area (Å²) in [6.07, 6.45) is 8.00. The van der Waals surface area contributed by atoms with Gasteiger partial charge in [0.1, 0.15) is 0 Å². The molecule has 0 spiro atoms. The molecule has 0 saturated carbocycles. The van der Waals surface area contributed by atoms with Crippen LogP contribution < -0.4 is 5.32 Å². The van der Waals surface area contributed by atoms with Gasteiger partial charge in [0.05, 0.1) is 0 Å². The van der Waals surface area contributed by atoms with Gasteiger partial charge in [-0.25, -0.2) is 0 Å². The predicted octanol–water partition coefficient (Wildman–Crippen LogP) is 4.76. The number of likely N-dealkylation sites (tertiary alicyclic amines) is 1. The molecule has 1 heterocycles. The standard InChI is InChI=1S/C18H29BrN2/c1-2-12-20-18(16-7-9-17(19)10-8-16)11-15-21-13-5-3-4-6-14-21/h7-10,18,20H,2-6,11-15H2,1H3. The fourth-order valence-corrected chi connectivity index (χ4v) is 3.34. The molecule has 2 rings (SSSR count). The van der Waals surface area contributed by atoms with Crippen LogP contribution in [-0.4, -0.2) is 31.1 Å². The number of rotatable bonds is 7. The van der Waals surface area contributed by atoms with Crippen molar-refractivity contribution in [2.75, 3.05) is 26.2 Å². The Morgan fingerprint density at radius 1 is 1.10 bits per heavy atom. The van der Waals surface area contributed by atoms with Crippen molar-refractivity contribution in [2.24, 2.45) is 0 Å². The Morgan fingerprint density at radius 2 is 1.76 bits per heavy atom. The van der Waals surface area contributed by atoms with E-state index >= 15 is 0 Å². The molecule has 3 heteroatoms. The van der Waals surface area contributed by atoms with Gasteiger partial charge in [0.15, 0.2) is 0 Å². The van der Waals surface area contributed by atoms with E-state index in [0.717, 1.165) is 11.0 Å². The fourth-order valence-electron chi connectivity index (χ4n) is 3.07. The summed E-state index contributed by atoms with van der Waals surface area (Å²) in [6.45, 7) is 7.14. The lowest BCUT2D eigenvalue weighted by Gasteiger charge is -2.25. The predicted molar refractivity (Wildman–Crippen MR) is 94.7 cm³/mol. The Balaban J connectivity index is 1.90. The molecule has 118 valence electrons. The normalized spacial score (nSPS) is 18.4. The zero-order chi connectivity index (χ0) is 14.9. The van der Waals surface area contributed by atoms with Crippen molar-refractivity contribution in [3.8, 4) is 0 Å². The van der Waals surface area contributed by atoms with Crippen molar-refractivity contribution in [3.05, 3.63) is 34.3 Å². The molecule has 1 unspecified atom stereocenters. The molecule has 1 fully saturated rings. The van der Waals surface area contributed by atoms with Gasteiger partial charge in [0.2, 0.25) is 0 Å². The second-order valence-corrected chi connectivity index (χ2v) is 7.02. The van der Waals surface area contributed by atoms with Crippen LogP contribution in [0.5, 0.6) is 0 Å².